The SMILES string of the molecule is COc1cc(C(=O)NC2CCN(C(=O)CN3CCN(c4cccc5c4C(=O)N(C4CCC(=O)NC4=O)C5=O)CC3)CC2)ccc1Nc1ncc2c(n1)N(C1CCCC1)CC(F)(F)C(=O)N2C. The predicted octanol–water partition coefficient (Wildman–Crippen LogP) is 2.53. The Morgan fingerprint density at radius 1 is 0.909 bits per heavy atom. The molecule has 1 aliphatic carbocycles. The molecule has 0 spiro atoms. The molecule has 7 amide bonds. The van der Waals surface area contributed by atoms with Gasteiger partial charge in [0.25, 0.3) is 23.6 Å². The van der Waals surface area contributed by atoms with Crippen LogP contribution in [0.25, 0.3) is 0 Å². The lowest BCUT2D eigenvalue weighted by molar-refractivity contribution is -0.140. The van der Waals surface area contributed by atoms with Crippen LogP contribution in [-0.4, -0.2) is 157 Å². The van der Waals surface area contributed by atoms with Crippen LogP contribution >= 0.6 is 0 Å². The number of hydrogen-bond donors (Lipinski definition) is 3. The summed E-state index contributed by atoms with van der Waals surface area (Å²) in [7, 11) is 2.75. The van der Waals surface area contributed by atoms with Crippen molar-refractivity contribution in [3.63, 3.8) is 0 Å². The molecule has 0 bridgehead atoms. The van der Waals surface area contributed by atoms with Crippen molar-refractivity contribution in [3.05, 3.63) is 59.3 Å². The number of rotatable bonds is 10. The van der Waals surface area contributed by atoms with Gasteiger partial charge in [-0.2, -0.15) is 13.8 Å². The van der Waals surface area contributed by atoms with Crippen LogP contribution in [0.5, 0.6) is 5.75 Å². The molecule has 2 aromatic carbocycles. The number of carbonyl (C=O) groups excluding carboxylic acids is 7. The van der Waals surface area contributed by atoms with Gasteiger partial charge in [0, 0.05) is 70.4 Å². The molecule has 21 heteroatoms. The van der Waals surface area contributed by atoms with E-state index in [0.29, 0.717) is 87.6 Å². The molecule has 1 aromatic heterocycles. The first kappa shape index (κ1) is 44.4. The number of methoxy groups -OCH3 is 1. The van der Waals surface area contributed by atoms with Crippen molar-refractivity contribution in [3.8, 4) is 5.75 Å². The summed E-state index contributed by atoms with van der Waals surface area (Å²) in [4.78, 5) is 109. The third-order valence-electron chi connectivity index (χ3n) is 13.5. The second-order valence-electron chi connectivity index (χ2n) is 17.6. The third kappa shape index (κ3) is 8.46. The van der Waals surface area contributed by atoms with Gasteiger partial charge in [-0.1, -0.05) is 18.9 Å². The molecule has 348 valence electrons. The molecule has 6 heterocycles. The smallest absolute Gasteiger partial charge is 0.342 e. The fourth-order valence-electron chi connectivity index (χ4n) is 9.90. The van der Waals surface area contributed by atoms with E-state index < -0.39 is 48.0 Å². The van der Waals surface area contributed by atoms with Crippen LogP contribution in [0.1, 0.15) is 82.4 Å². The van der Waals surface area contributed by atoms with Gasteiger partial charge in [-0.05, 0) is 62.4 Å². The lowest BCUT2D eigenvalue weighted by Crippen LogP contribution is -2.54. The van der Waals surface area contributed by atoms with Crippen LogP contribution in [0, 0.1) is 0 Å². The molecule has 1 atom stereocenters. The Morgan fingerprint density at radius 2 is 1.65 bits per heavy atom. The number of carbonyl (C=O) groups is 7. The Morgan fingerprint density at radius 3 is 2.36 bits per heavy atom. The molecule has 3 saturated heterocycles. The average Bonchev–Trinajstić information content (AvgIpc) is 3.93. The lowest BCUT2D eigenvalue weighted by Gasteiger charge is -2.38. The minimum absolute atomic E-state index is 0.0227. The monoisotopic (exact) mass is 911 g/mol. The largest absolute Gasteiger partial charge is 0.495 e. The number of anilines is 5. The summed E-state index contributed by atoms with van der Waals surface area (Å²) >= 11 is 0. The van der Waals surface area contributed by atoms with Crippen LogP contribution in [0.4, 0.5) is 37.6 Å². The van der Waals surface area contributed by atoms with Crippen molar-refractivity contribution in [1.82, 2.24) is 35.3 Å². The van der Waals surface area contributed by atoms with Gasteiger partial charge >= 0.3 is 5.92 Å². The number of piperazine rings is 1. The summed E-state index contributed by atoms with van der Waals surface area (Å²) in [6, 6.07) is 8.50. The van der Waals surface area contributed by atoms with E-state index in [0.717, 1.165) is 22.6 Å². The fourth-order valence-corrected chi connectivity index (χ4v) is 9.90. The number of benzene rings is 2. The van der Waals surface area contributed by atoms with E-state index in [1.165, 1.54) is 25.3 Å². The van der Waals surface area contributed by atoms with Crippen molar-refractivity contribution >= 4 is 70.2 Å². The number of alkyl halides is 2. The zero-order chi connectivity index (χ0) is 46.4. The van der Waals surface area contributed by atoms with E-state index in [2.05, 4.69) is 30.8 Å². The van der Waals surface area contributed by atoms with Crippen LogP contribution in [0.2, 0.25) is 0 Å². The van der Waals surface area contributed by atoms with Gasteiger partial charge in [-0.25, -0.2) is 4.98 Å². The summed E-state index contributed by atoms with van der Waals surface area (Å²) in [5.41, 5.74) is 2.03. The first-order chi connectivity index (χ1) is 31.7. The zero-order valence-corrected chi connectivity index (χ0v) is 36.7. The van der Waals surface area contributed by atoms with Crippen LogP contribution in [0.15, 0.2) is 42.6 Å². The molecular formula is C45H51F2N11O8. The molecule has 3 N–H and O–H groups in total. The van der Waals surface area contributed by atoms with Gasteiger partial charge in [-0.3, -0.25) is 48.7 Å². The summed E-state index contributed by atoms with van der Waals surface area (Å²) in [6.07, 6.45) is 5.81. The number of nitrogens with one attached hydrogen (secondary N) is 3. The highest BCUT2D eigenvalue weighted by Crippen LogP contribution is 2.40. The van der Waals surface area contributed by atoms with Crippen LogP contribution < -0.4 is 35.4 Å². The van der Waals surface area contributed by atoms with E-state index in [-0.39, 0.29) is 71.9 Å². The maximum Gasteiger partial charge on any atom is 0.342 e. The number of nitrogens with zero attached hydrogens (tertiary/aromatic N) is 8. The first-order valence-corrected chi connectivity index (χ1v) is 22.4. The Balaban J connectivity index is 0.764. The average molecular weight is 912 g/mol. The van der Waals surface area contributed by atoms with Crippen molar-refractivity contribution in [2.24, 2.45) is 0 Å². The third-order valence-corrected chi connectivity index (χ3v) is 13.5. The topological polar surface area (TPSA) is 210 Å². The van der Waals surface area contributed by atoms with Gasteiger partial charge in [0.05, 0.1) is 48.9 Å². The Labute approximate surface area is 378 Å². The number of halogens is 2. The van der Waals surface area contributed by atoms with Gasteiger partial charge in [0.1, 0.15) is 17.5 Å². The van der Waals surface area contributed by atoms with Crippen LogP contribution in [0.3, 0.4) is 0 Å². The second kappa shape index (κ2) is 17.9. The zero-order valence-electron chi connectivity index (χ0n) is 36.7. The first-order valence-electron chi connectivity index (χ1n) is 22.4. The van der Waals surface area contributed by atoms with Crippen molar-refractivity contribution in [2.75, 3.05) is 86.5 Å². The molecule has 5 aliphatic heterocycles. The van der Waals surface area contributed by atoms with Gasteiger partial charge in [0.2, 0.25) is 23.7 Å². The summed E-state index contributed by atoms with van der Waals surface area (Å²) in [5.74, 6) is -6.80. The highest BCUT2D eigenvalue weighted by atomic mass is 19.3. The molecule has 3 aromatic rings. The van der Waals surface area contributed by atoms with E-state index in [9.17, 15) is 33.6 Å². The summed E-state index contributed by atoms with van der Waals surface area (Å²) in [5, 5.41) is 8.40. The minimum Gasteiger partial charge on any atom is -0.495 e. The maximum absolute atomic E-state index is 15.1. The van der Waals surface area contributed by atoms with E-state index in [1.807, 2.05) is 4.90 Å². The summed E-state index contributed by atoms with van der Waals surface area (Å²) in [6.45, 7) is 2.45. The Hall–Kier alpha value is -6.77. The number of piperidine rings is 2. The normalized spacial score (nSPS) is 21.7. The molecule has 0 radical (unpaired) electrons. The maximum atomic E-state index is 15.1. The molecule has 9 rings (SSSR count). The lowest BCUT2D eigenvalue weighted by atomic mass is 10.0. The predicted molar refractivity (Wildman–Crippen MR) is 235 cm³/mol. The number of likely N-dealkylation sites (tertiary alicyclic amines) is 1. The van der Waals surface area contributed by atoms with Gasteiger partial charge in [0.15, 0.2) is 5.82 Å². The van der Waals surface area contributed by atoms with Gasteiger partial charge < -0.3 is 35.0 Å². The van der Waals surface area contributed by atoms with E-state index in [4.69, 9.17) is 4.74 Å². The van der Waals surface area contributed by atoms with Crippen LogP contribution in [-0.2, 0) is 19.2 Å². The number of hydrogen-bond acceptors (Lipinski definition) is 14. The number of amides is 7. The second-order valence-corrected chi connectivity index (χ2v) is 17.6. The van der Waals surface area contributed by atoms with Crippen molar-refractivity contribution < 1.29 is 47.1 Å². The number of imide groups is 2. The summed E-state index contributed by atoms with van der Waals surface area (Å²) < 4.78 is 35.7. The molecule has 1 saturated carbocycles. The number of fused-ring (bicyclic) bond motifs is 2. The quantitative estimate of drug-likeness (QED) is 0.250. The fraction of sp³-hybridized carbons (Fsp3) is 0.489. The number of ether oxygens (including phenoxy) is 1. The van der Waals surface area contributed by atoms with E-state index >= 15 is 8.78 Å². The number of aromatic nitrogens is 2. The molecule has 66 heavy (non-hydrogen) atoms. The molecule has 6 aliphatic rings. The Bertz CT molecular complexity index is 2490. The highest BCUT2D eigenvalue weighted by Gasteiger charge is 2.49. The van der Waals surface area contributed by atoms with Gasteiger partial charge in [-0.15, -0.1) is 0 Å². The molecule has 19 nitrogen and oxygen atoms in total. The van der Waals surface area contributed by atoms with Crippen molar-refractivity contribution in [2.45, 2.75) is 75.4 Å². The highest BCUT2D eigenvalue weighted by molar-refractivity contribution is 6.25. The molecule has 1 unspecified atom stereocenters. The van der Waals surface area contributed by atoms with Crippen molar-refractivity contribution in [1.29, 1.82) is 0 Å². The van der Waals surface area contributed by atoms with E-state index in [1.54, 1.807) is 41.3 Å². The minimum atomic E-state index is -3.60. The molecular weight excluding hydrogens is 861 g/mol. The Kier molecular flexibility index (Phi) is 12.0. The molecule has 4 fully saturated rings. The standard InChI is InChI=1S/C45H51F2N11O8/c1-53-33-23-48-44(52-38(33)57(28-6-3-4-7-28)25-45(46,47)43(53)65)50-30-11-10-26(22-34(30)66-2)39(61)49-27-14-16-56(17-15-27)36(60)24-54-18-20-55(21-19-54)31-9-5-8-29-37(31)42(64)58(41(29)63)32-12-13-35(59)51-40(32)62/h5,8-11,22-23,27-28,32H,3-4,6-7,12-21,24-25H2,1-2H3,(H,49,61)(H,48,50,52)(H,51,59,62).